The highest BCUT2D eigenvalue weighted by molar-refractivity contribution is 7.09. The largest absolute Gasteiger partial charge is 0.417 e. The Labute approximate surface area is 99.4 Å². The number of aromatic nitrogens is 2. The molecule has 3 rings (SSSR count). The van der Waals surface area contributed by atoms with Crippen LogP contribution >= 0.6 is 11.3 Å². The highest BCUT2D eigenvalue weighted by atomic mass is 32.1. The van der Waals surface area contributed by atoms with Gasteiger partial charge in [0.15, 0.2) is 5.58 Å². The molecule has 0 fully saturated rings. The summed E-state index contributed by atoms with van der Waals surface area (Å²) in [6, 6.07) is 5.38. The Bertz CT molecular complexity index is 725. The zero-order valence-corrected chi connectivity index (χ0v) is 9.45. The number of nitrogens with one attached hydrogen (secondary N) is 1. The van der Waals surface area contributed by atoms with Crippen molar-refractivity contribution in [3.8, 4) is 11.3 Å². The lowest BCUT2D eigenvalue weighted by Crippen LogP contribution is -1.92. The van der Waals surface area contributed by atoms with Gasteiger partial charge in [-0.2, -0.15) is 0 Å². The van der Waals surface area contributed by atoms with Crippen LogP contribution in [-0.2, 0) is 6.61 Å². The van der Waals surface area contributed by atoms with Gasteiger partial charge in [-0.15, -0.1) is 11.3 Å². The van der Waals surface area contributed by atoms with Gasteiger partial charge in [-0.25, -0.2) is 9.78 Å². The summed E-state index contributed by atoms with van der Waals surface area (Å²) >= 11 is 1.39. The van der Waals surface area contributed by atoms with Gasteiger partial charge >= 0.3 is 5.76 Å². The number of hydrogen-bond acceptors (Lipinski definition) is 5. The molecule has 3 aromatic rings. The predicted octanol–water partition coefficient (Wildman–Crippen LogP) is 1.74. The Morgan fingerprint density at radius 1 is 1.47 bits per heavy atom. The predicted molar refractivity (Wildman–Crippen MR) is 63.9 cm³/mol. The molecule has 1 aromatic carbocycles. The van der Waals surface area contributed by atoms with E-state index in [1.807, 2.05) is 11.4 Å². The third kappa shape index (κ3) is 1.77. The molecule has 5 nitrogen and oxygen atoms in total. The Hall–Kier alpha value is -1.92. The van der Waals surface area contributed by atoms with E-state index in [-0.39, 0.29) is 6.61 Å². The van der Waals surface area contributed by atoms with Gasteiger partial charge in [0.1, 0.15) is 5.01 Å². The van der Waals surface area contributed by atoms with Crippen LogP contribution in [0.3, 0.4) is 0 Å². The van der Waals surface area contributed by atoms with E-state index < -0.39 is 5.76 Å². The SMILES string of the molecule is O=c1[nH]c2ccc(-c3csc(CO)n3)cc2o1. The fourth-order valence-electron chi connectivity index (χ4n) is 1.62. The van der Waals surface area contributed by atoms with Gasteiger partial charge in [-0.05, 0) is 12.1 Å². The van der Waals surface area contributed by atoms with Crippen molar-refractivity contribution in [2.24, 2.45) is 0 Å². The maximum atomic E-state index is 11.0. The Morgan fingerprint density at radius 3 is 3.12 bits per heavy atom. The first kappa shape index (κ1) is 10.2. The maximum Gasteiger partial charge on any atom is 0.417 e. The van der Waals surface area contributed by atoms with Crippen molar-refractivity contribution in [2.75, 3.05) is 0 Å². The fourth-order valence-corrected chi connectivity index (χ4v) is 2.28. The van der Waals surface area contributed by atoms with Gasteiger partial charge < -0.3 is 9.52 Å². The van der Waals surface area contributed by atoms with Crippen LogP contribution in [0.1, 0.15) is 5.01 Å². The van der Waals surface area contributed by atoms with Crippen molar-refractivity contribution in [1.82, 2.24) is 9.97 Å². The number of fused-ring (bicyclic) bond motifs is 1. The summed E-state index contributed by atoms with van der Waals surface area (Å²) in [5, 5.41) is 11.5. The first-order chi connectivity index (χ1) is 8.26. The molecule has 0 saturated carbocycles. The topological polar surface area (TPSA) is 79.1 Å². The molecule has 0 bridgehead atoms. The third-order valence-corrected chi connectivity index (χ3v) is 3.24. The molecule has 0 amide bonds. The Kier molecular flexibility index (Phi) is 2.31. The van der Waals surface area contributed by atoms with Crippen LogP contribution in [0.4, 0.5) is 0 Å². The number of hydrogen-bond donors (Lipinski definition) is 2. The highest BCUT2D eigenvalue weighted by Gasteiger charge is 2.07. The smallest absolute Gasteiger partial charge is 0.408 e. The number of aromatic amines is 1. The molecule has 0 aliphatic carbocycles. The summed E-state index contributed by atoms with van der Waals surface area (Å²) in [5.74, 6) is -0.466. The molecular weight excluding hydrogens is 240 g/mol. The second-order valence-electron chi connectivity index (χ2n) is 3.51. The number of aliphatic hydroxyl groups is 1. The molecule has 2 aromatic heterocycles. The van der Waals surface area contributed by atoms with Crippen molar-refractivity contribution in [3.05, 3.63) is 39.1 Å². The molecule has 0 aliphatic heterocycles. The monoisotopic (exact) mass is 248 g/mol. The zero-order valence-electron chi connectivity index (χ0n) is 8.64. The van der Waals surface area contributed by atoms with Crippen LogP contribution in [0.25, 0.3) is 22.4 Å². The third-order valence-electron chi connectivity index (χ3n) is 2.40. The number of nitrogens with zero attached hydrogens (tertiary/aromatic N) is 1. The number of H-pyrrole nitrogens is 1. The lowest BCUT2D eigenvalue weighted by atomic mass is 10.1. The van der Waals surface area contributed by atoms with Gasteiger partial charge in [0.25, 0.3) is 0 Å². The lowest BCUT2D eigenvalue weighted by Gasteiger charge is -1.95. The van der Waals surface area contributed by atoms with E-state index in [0.29, 0.717) is 16.1 Å². The molecule has 2 heterocycles. The average Bonchev–Trinajstić information content (AvgIpc) is 2.92. The minimum absolute atomic E-state index is 0.0633. The summed E-state index contributed by atoms with van der Waals surface area (Å²) in [6.45, 7) is -0.0633. The van der Waals surface area contributed by atoms with E-state index in [9.17, 15) is 4.79 Å². The molecule has 0 radical (unpaired) electrons. The fraction of sp³-hybridized carbons (Fsp3) is 0.0909. The Balaban J connectivity index is 2.13. The average molecular weight is 248 g/mol. The second kappa shape index (κ2) is 3.83. The van der Waals surface area contributed by atoms with Gasteiger partial charge in [0.05, 0.1) is 17.8 Å². The quantitative estimate of drug-likeness (QED) is 0.724. The summed E-state index contributed by atoms with van der Waals surface area (Å²) < 4.78 is 4.98. The van der Waals surface area contributed by atoms with Crippen LogP contribution < -0.4 is 5.76 Å². The Morgan fingerprint density at radius 2 is 2.35 bits per heavy atom. The zero-order chi connectivity index (χ0) is 11.8. The van der Waals surface area contributed by atoms with Crippen molar-refractivity contribution in [3.63, 3.8) is 0 Å². The van der Waals surface area contributed by atoms with Crippen molar-refractivity contribution in [2.45, 2.75) is 6.61 Å². The molecule has 0 spiro atoms. The minimum atomic E-state index is -0.466. The van der Waals surface area contributed by atoms with Gasteiger partial charge in [0.2, 0.25) is 0 Å². The van der Waals surface area contributed by atoms with E-state index in [4.69, 9.17) is 9.52 Å². The molecule has 0 atom stereocenters. The molecule has 0 saturated heterocycles. The molecule has 86 valence electrons. The first-order valence-corrected chi connectivity index (χ1v) is 5.83. The molecule has 0 aliphatic rings. The van der Waals surface area contributed by atoms with Crippen molar-refractivity contribution < 1.29 is 9.52 Å². The highest BCUT2D eigenvalue weighted by Crippen LogP contribution is 2.24. The van der Waals surface area contributed by atoms with E-state index in [1.165, 1.54) is 11.3 Å². The maximum absolute atomic E-state index is 11.0. The van der Waals surface area contributed by atoms with Crippen LogP contribution in [0, 0.1) is 0 Å². The molecule has 2 N–H and O–H groups in total. The van der Waals surface area contributed by atoms with Crippen LogP contribution in [0.5, 0.6) is 0 Å². The van der Waals surface area contributed by atoms with E-state index in [1.54, 1.807) is 12.1 Å². The summed E-state index contributed by atoms with van der Waals surface area (Å²) in [5.41, 5.74) is 2.79. The summed E-state index contributed by atoms with van der Waals surface area (Å²) in [7, 11) is 0. The van der Waals surface area contributed by atoms with E-state index >= 15 is 0 Å². The van der Waals surface area contributed by atoms with Crippen molar-refractivity contribution >= 4 is 22.4 Å². The van der Waals surface area contributed by atoms with E-state index in [2.05, 4.69) is 9.97 Å². The number of thiazole rings is 1. The van der Waals surface area contributed by atoms with E-state index in [0.717, 1.165) is 11.3 Å². The van der Waals surface area contributed by atoms with Gasteiger partial charge in [0, 0.05) is 10.9 Å². The summed E-state index contributed by atoms with van der Waals surface area (Å²) in [4.78, 5) is 17.8. The molecule has 17 heavy (non-hydrogen) atoms. The number of rotatable bonds is 2. The molecular formula is C11H8N2O3S. The van der Waals surface area contributed by atoms with Crippen LogP contribution in [0.15, 0.2) is 32.8 Å². The van der Waals surface area contributed by atoms with Gasteiger partial charge in [-0.3, -0.25) is 4.98 Å². The second-order valence-corrected chi connectivity index (χ2v) is 4.45. The van der Waals surface area contributed by atoms with Gasteiger partial charge in [-0.1, -0.05) is 6.07 Å². The molecule has 6 heteroatoms. The van der Waals surface area contributed by atoms with Crippen molar-refractivity contribution in [1.29, 1.82) is 0 Å². The normalized spacial score (nSPS) is 11.1. The van der Waals surface area contributed by atoms with Crippen LogP contribution in [-0.4, -0.2) is 15.1 Å². The summed E-state index contributed by atoms with van der Waals surface area (Å²) in [6.07, 6.45) is 0. The van der Waals surface area contributed by atoms with Crippen LogP contribution in [0.2, 0.25) is 0 Å². The first-order valence-electron chi connectivity index (χ1n) is 4.95. The number of oxazole rings is 1. The minimum Gasteiger partial charge on any atom is -0.408 e. The standard InChI is InChI=1S/C11H8N2O3S/c14-4-10-12-8(5-17-10)6-1-2-7-9(3-6)16-11(15)13-7/h1-3,5,14H,4H2,(H,13,15). The lowest BCUT2D eigenvalue weighted by molar-refractivity contribution is 0.281. The number of aliphatic hydroxyl groups excluding tert-OH is 1. The number of benzene rings is 1. The molecule has 0 unspecified atom stereocenters.